The third kappa shape index (κ3) is 4.40. The molecule has 0 aromatic carbocycles. The molecule has 10 atom stereocenters. The van der Waals surface area contributed by atoms with Crippen molar-refractivity contribution in [1.29, 1.82) is 0 Å². The smallest absolute Gasteiger partial charge is 0.180 e. The molecule has 15 nitrogen and oxygen atoms in total. The Balaban J connectivity index is 1.37. The van der Waals surface area contributed by atoms with Gasteiger partial charge in [-0.2, -0.15) is 10.2 Å². The number of Topliss-reactive ketones (excluding diaryl/α,β-unsaturated/α-hetero) is 1. The molecule has 4 heterocycles. The van der Waals surface area contributed by atoms with E-state index in [1.807, 2.05) is 12.2 Å². The predicted octanol–water partition coefficient (Wildman–Crippen LogP) is -2.13. The Kier molecular flexibility index (Phi) is 7.53. The molecule has 4 aliphatic rings. The Bertz CT molecular complexity index is 1330. The molecule has 6 N–H and O–H groups in total. The maximum absolute atomic E-state index is 14.8. The minimum atomic E-state index is -1.39. The Morgan fingerprint density at radius 3 is 1.50 bits per heavy atom. The molecule has 2 aromatic rings. The minimum absolute atomic E-state index is 0.121. The molecular formula is C27H32N6O9. The van der Waals surface area contributed by atoms with E-state index >= 15 is 0 Å². The molecule has 0 radical (unpaired) electrons. The predicted molar refractivity (Wildman–Crippen MR) is 140 cm³/mol. The maximum Gasteiger partial charge on any atom is 0.180 e. The summed E-state index contributed by atoms with van der Waals surface area (Å²) in [5.41, 5.74) is -2.78. The van der Waals surface area contributed by atoms with E-state index in [1.54, 1.807) is 36.5 Å². The Morgan fingerprint density at radius 2 is 1.17 bits per heavy atom. The van der Waals surface area contributed by atoms with Gasteiger partial charge in [-0.3, -0.25) is 4.79 Å². The van der Waals surface area contributed by atoms with E-state index in [2.05, 4.69) is 20.2 Å². The van der Waals surface area contributed by atoms with Crippen LogP contribution in [0.5, 0.6) is 0 Å². The van der Waals surface area contributed by atoms with Crippen LogP contribution in [-0.2, 0) is 25.1 Å². The second-order valence-corrected chi connectivity index (χ2v) is 10.8. The van der Waals surface area contributed by atoms with Crippen molar-refractivity contribution < 1.29 is 44.9 Å². The van der Waals surface area contributed by atoms with Crippen molar-refractivity contribution in [2.45, 2.75) is 72.8 Å². The number of ketones is 1. The second-order valence-electron chi connectivity index (χ2n) is 10.8. The van der Waals surface area contributed by atoms with Crippen LogP contribution >= 0.6 is 0 Å². The van der Waals surface area contributed by atoms with Crippen molar-refractivity contribution in [1.82, 2.24) is 29.5 Å². The lowest BCUT2D eigenvalue weighted by Gasteiger charge is -2.36. The largest absolute Gasteiger partial charge is 0.394 e. The molecule has 0 amide bonds. The van der Waals surface area contributed by atoms with Crippen LogP contribution in [0.25, 0.3) is 0 Å². The van der Waals surface area contributed by atoms with Crippen LogP contribution in [-0.4, -0.2) is 116 Å². The van der Waals surface area contributed by atoms with Gasteiger partial charge in [0.1, 0.15) is 60.1 Å². The van der Waals surface area contributed by atoms with E-state index in [-0.39, 0.29) is 30.3 Å². The first kappa shape index (κ1) is 28.7. The highest BCUT2D eigenvalue weighted by molar-refractivity contribution is 6.01. The number of aliphatic hydroxyl groups excluding tert-OH is 6. The maximum atomic E-state index is 14.8. The molecule has 2 aliphatic carbocycles. The Labute approximate surface area is 239 Å². The molecule has 2 aliphatic heterocycles. The SMILES string of the molecule is O=C(C1(c2ncn([C@@H]3O[C@H](CO)[C@@H](O)[C@H]3O)n2)C=CC=CC1)C1(c2ncn([C@@H]3O[C@H](CO)[C@@H](O)[C@H]3O)n2)C=CC=CC1. The first-order chi connectivity index (χ1) is 20.3. The van der Waals surface area contributed by atoms with Crippen LogP contribution in [0.4, 0.5) is 0 Å². The molecule has 2 fully saturated rings. The summed E-state index contributed by atoms with van der Waals surface area (Å²) in [6.45, 7) is -1.01. The molecule has 42 heavy (non-hydrogen) atoms. The second kappa shape index (κ2) is 11.0. The zero-order chi connectivity index (χ0) is 29.6. The molecule has 0 saturated carbocycles. The van der Waals surface area contributed by atoms with Crippen LogP contribution in [0, 0.1) is 0 Å². The molecular weight excluding hydrogens is 552 g/mol. The summed E-state index contributed by atoms with van der Waals surface area (Å²) < 4.78 is 13.6. The van der Waals surface area contributed by atoms with Crippen LogP contribution in [0.2, 0.25) is 0 Å². The number of hydrogen-bond acceptors (Lipinski definition) is 13. The van der Waals surface area contributed by atoms with Gasteiger partial charge in [-0.1, -0.05) is 48.6 Å². The van der Waals surface area contributed by atoms with Crippen molar-refractivity contribution in [2.24, 2.45) is 0 Å². The number of nitrogens with zero attached hydrogens (tertiary/aromatic N) is 6. The van der Waals surface area contributed by atoms with Crippen LogP contribution in [0.15, 0.2) is 61.3 Å². The average Bonchev–Trinajstić information content (AvgIpc) is 3.82. The molecule has 2 aromatic heterocycles. The van der Waals surface area contributed by atoms with E-state index in [0.717, 1.165) is 0 Å². The fraction of sp³-hybridized carbons (Fsp3) is 0.519. The first-order valence-corrected chi connectivity index (χ1v) is 13.6. The van der Waals surface area contributed by atoms with Gasteiger partial charge < -0.3 is 40.1 Å². The summed E-state index contributed by atoms with van der Waals surface area (Å²) in [7, 11) is 0. The van der Waals surface area contributed by atoms with Gasteiger partial charge in [0.25, 0.3) is 0 Å². The minimum Gasteiger partial charge on any atom is -0.394 e. The van der Waals surface area contributed by atoms with Gasteiger partial charge in [0.05, 0.1) is 13.2 Å². The van der Waals surface area contributed by atoms with Crippen molar-refractivity contribution in [3.8, 4) is 0 Å². The highest BCUT2D eigenvalue weighted by Gasteiger charge is 2.54. The lowest BCUT2D eigenvalue weighted by Crippen LogP contribution is -2.49. The van der Waals surface area contributed by atoms with Gasteiger partial charge in [-0.05, 0) is 12.8 Å². The number of ether oxygens (including phenoxy) is 2. The highest BCUT2D eigenvalue weighted by atomic mass is 16.6. The fourth-order valence-corrected chi connectivity index (χ4v) is 5.91. The number of aromatic nitrogens is 6. The van der Waals surface area contributed by atoms with Crippen molar-refractivity contribution in [2.75, 3.05) is 13.2 Å². The standard InChI is InChI=1S/C27H32N6O9/c34-11-15-17(36)19(38)21(41-15)32-13-28-24(30-32)26(7-3-1-4-8-26)23(40)27(9-5-2-6-10-27)25-29-14-33(31-25)22-20(39)18(37)16(12-35)42-22/h1-7,9,13-22,34-39H,8,10-12H2/t15-,16-,17-,18-,19-,20-,21-,22-,26?,27?/m1/s1. The lowest BCUT2D eigenvalue weighted by molar-refractivity contribution is -0.127. The summed E-state index contributed by atoms with van der Waals surface area (Å²) in [5.74, 6) is -0.0962. The highest BCUT2D eigenvalue weighted by Crippen LogP contribution is 2.43. The number of carbonyl (C=O) groups is 1. The number of carbonyl (C=O) groups excluding carboxylic acids is 1. The first-order valence-electron chi connectivity index (χ1n) is 13.6. The van der Waals surface area contributed by atoms with Gasteiger partial charge in [0.2, 0.25) is 0 Å². The summed E-state index contributed by atoms with van der Waals surface area (Å²) in [6, 6.07) is 0. The normalized spacial score (nSPS) is 39.4. The van der Waals surface area contributed by atoms with Gasteiger partial charge in [-0.25, -0.2) is 19.3 Å². The molecule has 0 bridgehead atoms. The van der Waals surface area contributed by atoms with Gasteiger partial charge in [0.15, 0.2) is 29.9 Å². The van der Waals surface area contributed by atoms with E-state index < -0.39 is 73.1 Å². The molecule has 2 saturated heterocycles. The number of aliphatic hydroxyl groups is 6. The number of rotatable bonds is 8. The van der Waals surface area contributed by atoms with E-state index in [9.17, 15) is 35.4 Å². The summed E-state index contributed by atoms with van der Waals surface area (Å²) in [6.07, 6.45) is 7.36. The quantitative estimate of drug-likeness (QED) is 0.196. The summed E-state index contributed by atoms with van der Waals surface area (Å²) in [4.78, 5) is 23.7. The summed E-state index contributed by atoms with van der Waals surface area (Å²) in [5, 5.41) is 69.4. The molecule has 2 unspecified atom stereocenters. The molecule has 6 rings (SSSR count). The van der Waals surface area contributed by atoms with E-state index in [4.69, 9.17) is 9.47 Å². The number of hydrogen-bond donors (Lipinski definition) is 6. The fourth-order valence-electron chi connectivity index (χ4n) is 5.91. The lowest BCUT2D eigenvalue weighted by atomic mass is 9.63. The monoisotopic (exact) mass is 584 g/mol. The molecule has 15 heteroatoms. The molecule has 0 spiro atoms. The van der Waals surface area contributed by atoms with Crippen molar-refractivity contribution in [3.63, 3.8) is 0 Å². The molecule has 224 valence electrons. The third-order valence-electron chi connectivity index (χ3n) is 8.32. The summed E-state index contributed by atoms with van der Waals surface area (Å²) >= 11 is 0. The average molecular weight is 585 g/mol. The van der Waals surface area contributed by atoms with Gasteiger partial charge in [-0.15, -0.1) is 0 Å². The van der Waals surface area contributed by atoms with Crippen LogP contribution in [0.1, 0.15) is 36.9 Å². The van der Waals surface area contributed by atoms with Crippen molar-refractivity contribution in [3.05, 3.63) is 72.9 Å². The third-order valence-corrected chi connectivity index (χ3v) is 8.32. The number of allylic oxidation sites excluding steroid dienone is 8. The van der Waals surface area contributed by atoms with Crippen LogP contribution < -0.4 is 0 Å². The van der Waals surface area contributed by atoms with E-state index in [1.165, 1.54) is 22.0 Å². The van der Waals surface area contributed by atoms with Crippen molar-refractivity contribution >= 4 is 5.78 Å². The Morgan fingerprint density at radius 1 is 0.738 bits per heavy atom. The van der Waals surface area contributed by atoms with E-state index in [0.29, 0.717) is 0 Å². The van der Waals surface area contributed by atoms with Gasteiger partial charge in [0, 0.05) is 0 Å². The zero-order valence-corrected chi connectivity index (χ0v) is 22.3. The zero-order valence-electron chi connectivity index (χ0n) is 22.3. The Hall–Kier alpha value is -3.41. The van der Waals surface area contributed by atoms with Gasteiger partial charge >= 0.3 is 0 Å². The van der Waals surface area contributed by atoms with Crippen LogP contribution in [0.3, 0.4) is 0 Å². The topological polar surface area (TPSA) is 218 Å².